The molecule has 0 unspecified atom stereocenters. The normalized spacial score (nSPS) is 10.7. The van der Waals surface area contributed by atoms with Crippen molar-refractivity contribution in [1.82, 2.24) is 10.2 Å². The fraction of sp³-hybridized carbons (Fsp3) is 0.214. The molecular weight excluding hydrogens is 297 g/mol. The first-order valence-corrected chi connectivity index (χ1v) is 6.83. The predicted octanol–water partition coefficient (Wildman–Crippen LogP) is 4.16. The number of nitrogens with zero attached hydrogens (tertiary/aromatic N) is 2. The standard InChI is InChI=1S/C14H13Cl2N3O/c1-8(2)9-3-5-10(6-4-9)17-14(20)11-7-12(15)18-19-13(11)16/h3-8H,1-2H3,(H,17,20). The third-order valence-electron chi connectivity index (χ3n) is 2.80. The number of carbonyl (C=O) groups excluding carboxylic acids is 1. The third-order valence-corrected chi connectivity index (χ3v) is 3.26. The molecule has 20 heavy (non-hydrogen) atoms. The van der Waals surface area contributed by atoms with Gasteiger partial charge in [0.15, 0.2) is 10.3 Å². The summed E-state index contributed by atoms with van der Waals surface area (Å²) in [4.78, 5) is 12.1. The minimum atomic E-state index is -0.371. The summed E-state index contributed by atoms with van der Waals surface area (Å²) in [6.07, 6.45) is 0. The van der Waals surface area contributed by atoms with Gasteiger partial charge in [-0.3, -0.25) is 4.79 Å². The zero-order valence-corrected chi connectivity index (χ0v) is 12.5. The van der Waals surface area contributed by atoms with Crippen molar-refractivity contribution in [3.05, 3.63) is 51.8 Å². The first-order chi connectivity index (χ1) is 9.47. The average molecular weight is 310 g/mol. The van der Waals surface area contributed by atoms with Crippen molar-refractivity contribution in [3.8, 4) is 0 Å². The lowest BCUT2D eigenvalue weighted by Crippen LogP contribution is -2.13. The second kappa shape index (κ2) is 6.20. The molecule has 104 valence electrons. The van der Waals surface area contributed by atoms with Crippen LogP contribution in [0.4, 0.5) is 5.69 Å². The predicted molar refractivity (Wildman–Crippen MR) is 80.5 cm³/mol. The molecule has 4 nitrogen and oxygen atoms in total. The lowest BCUT2D eigenvalue weighted by Gasteiger charge is -2.09. The zero-order chi connectivity index (χ0) is 14.7. The highest BCUT2D eigenvalue weighted by Crippen LogP contribution is 2.20. The molecule has 0 fully saturated rings. The number of aromatic nitrogens is 2. The number of benzene rings is 1. The summed E-state index contributed by atoms with van der Waals surface area (Å²) >= 11 is 11.5. The van der Waals surface area contributed by atoms with Crippen molar-refractivity contribution < 1.29 is 4.79 Å². The Labute approximate surface area is 127 Å². The van der Waals surface area contributed by atoms with Gasteiger partial charge in [-0.05, 0) is 29.7 Å². The molecule has 0 spiro atoms. The minimum Gasteiger partial charge on any atom is -0.322 e. The smallest absolute Gasteiger partial charge is 0.258 e. The number of amides is 1. The molecule has 0 saturated heterocycles. The highest BCUT2D eigenvalue weighted by molar-refractivity contribution is 6.34. The van der Waals surface area contributed by atoms with Gasteiger partial charge in [0.05, 0.1) is 5.56 Å². The van der Waals surface area contributed by atoms with Crippen molar-refractivity contribution in [2.24, 2.45) is 0 Å². The molecule has 1 heterocycles. The van der Waals surface area contributed by atoms with E-state index in [9.17, 15) is 4.79 Å². The molecule has 1 aromatic heterocycles. The highest BCUT2D eigenvalue weighted by Gasteiger charge is 2.13. The summed E-state index contributed by atoms with van der Waals surface area (Å²) in [5.74, 6) is 0.0708. The Hall–Kier alpha value is -1.65. The van der Waals surface area contributed by atoms with E-state index in [2.05, 4.69) is 29.4 Å². The fourth-order valence-corrected chi connectivity index (χ4v) is 1.99. The van der Waals surface area contributed by atoms with E-state index in [0.717, 1.165) is 0 Å². The quantitative estimate of drug-likeness (QED) is 0.926. The van der Waals surface area contributed by atoms with Crippen LogP contribution in [0.1, 0.15) is 35.7 Å². The topological polar surface area (TPSA) is 54.9 Å². The van der Waals surface area contributed by atoms with Crippen molar-refractivity contribution >= 4 is 34.8 Å². The van der Waals surface area contributed by atoms with Gasteiger partial charge in [0, 0.05) is 5.69 Å². The maximum atomic E-state index is 12.1. The lowest BCUT2D eigenvalue weighted by molar-refractivity contribution is 0.102. The van der Waals surface area contributed by atoms with Crippen LogP contribution in [0.5, 0.6) is 0 Å². The van der Waals surface area contributed by atoms with Crippen molar-refractivity contribution in [2.75, 3.05) is 5.32 Å². The monoisotopic (exact) mass is 309 g/mol. The number of anilines is 1. The Morgan fingerprint density at radius 3 is 2.40 bits per heavy atom. The molecule has 2 aromatic rings. The summed E-state index contributed by atoms with van der Waals surface area (Å²) < 4.78 is 0. The first kappa shape index (κ1) is 14.8. The largest absolute Gasteiger partial charge is 0.322 e. The van der Waals surface area contributed by atoms with Gasteiger partial charge in [0.1, 0.15) is 0 Å². The van der Waals surface area contributed by atoms with Crippen LogP contribution < -0.4 is 5.32 Å². The van der Waals surface area contributed by atoms with E-state index in [4.69, 9.17) is 23.2 Å². The molecule has 0 saturated carbocycles. The molecule has 0 aliphatic carbocycles. The maximum Gasteiger partial charge on any atom is 0.258 e. The first-order valence-electron chi connectivity index (χ1n) is 6.07. The number of hydrogen-bond donors (Lipinski definition) is 1. The van der Waals surface area contributed by atoms with Crippen LogP contribution in [-0.2, 0) is 0 Å². The molecule has 0 aliphatic heterocycles. The Balaban J connectivity index is 2.17. The second-order valence-electron chi connectivity index (χ2n) is 4.60. The summed E-state index contributed by atoms with van der Waals surface area (Å²) in [6, 6.07) is 9.02. The summed E-state index contributed by atoms with van der Waals surface area (Å²) in [5.41, 5.74) is 2.08. The van der Waals surface area contributed by atoms with Crippen molar-refractivity contribution in [1.29, 1.82) is 0 Å². The van der Waals surface area contributed by atoms with E-state index in [1.807, 2.05) is 24.3 Å². The summed E-state index contributed by atoms with van der Waals surface area (Å²) in [6.45, 7) is 4.22. The van der Waals surface area contributed by atoms with Gasteiger partial charge >= 0.3 is 0 Å². The van der Waals surface area contributed by atoms with E-state index in [0.29, 0.717) is 11.6 Å². The highest BCUT2D eigenvalue weighted by atomic mass is 35.5. The summed E-state index contributed by atoms with van der Waals surface area (Å²) in [7, 11) is 0. The Kier molecular flexibility index (Phi) is 4.57. The van der Waals surface area contributed by atoms with E-state index >= 15 is 0 Å². The third kappa shape index (κ3) is 3.46. The fourth-order valence-electron chi connectivity index (χ4n) is 1.66. The maximum absolute atomic E-state index is 12.1. The van der Waals surface area contributed by atoms with Crippen molar-refractivity contribution in [2.45, 2.75) is 19.8 Å². The van der Waals surface area contributed by atoms with E-state index < -0.39 is 0 Å². The Bertz CT molecular complexity index is 627. The van der Waals surface area contributed by atoms with Gasteiger partial charge in [0.2, 0.25) is 0 Å². The van der Waals surface area contributed by atoms with Crippen LogP contribution >= 0.6 is 23.2 Å². The molecule has 2 rings (SSSR count). The Morgan fingerprint density at radius 1 is 1.15 bits per heavy atom. The van der Waals surface area contributed by atoms with Gasteiger partial charge in [-0.2, -0.15) is 0 Å². The number of halogens is 2. The zero-order valence-electron chi connectivity index (χ0n) is 11.0. The van der Waals surface area contributed by atoms with Crippen LogP contribution in [0.25, 0.3) is 0 Å². The molecular formula is C14H13Cl2N3O. The summed E-state index contributed by atoms with van der Waals surface area (Å²) in [5, 5.41) is 10.0. The van der Waals surface area contributed by atoms with Crippen LogP contribution in [0.15, 0.2) is 30.3 Å². The molecule has 0 radical (unpaired) electrons. The second-order valence-corrected chi connectivity index (χ2v) is 5.35. The lowest BCUT2D eigenvalue weighted by atomic mass is 10.0. The van der Waals surface area contributed by atoms with Gasteiger partial charge in [0.25, 0.3) is 5.91 Å². The van der Waals surface area contributed by atoms with Crippen molar-refractivity contribution in [3.63, 3.8) is 0 Å². The van der Waals surface area contributed by atoms with Gasteiger partial charge in [-0.1, -0.05) is 49.2 Å². The Morgan fingerprint density at radius 2 is 1.80 bits per heavy atom. The number of rotatable bonds is 3. The number of hydrogen-bond acceptors (Lipinski definition) is 3. The van der Waals surface area contributed by atoms with Crippen LogP contribution in [0, 0.1) is 0 Å². The van der Waals surface area contributed by atoms with Gasteiger partial charge in [-0.25, -0.2) is 0 Å². The van der Waals surface area contributed by atoms with Crippen LogP contribution in [0.3, 0.4) is 0 Å². The average Bonchev–Trinajstić information content (AvgIpc) is 2.42. The molecule has 1 amide bonds. The molecule has 6 heteroatoms. The molecule has 1 N–H and O–H groups in total. The molecule has 0 atom stereocenters. The van der Waals surface area contributed by atoms with Crippen LogP contribution in [0.2, 0.25) is 10.3 Å². The van der Waals surface area contributed by atoms with Gasteiger partial charge < -0.3 is 5.32 Å². The minimum absolute atomic E-state index is 0.0192. The molecule has 1 aromatic carbocycles. The molecule has 0 aliphatic rings. The van der Waals surface area contributed by atoms with Gasteiger partial charge in [-0.15, -0.1) is 10.2 Å². The SMILES string of the molecule is CC(C)c1ccc(NC(=O)c2cc(Cl)nnc2Cl)cc1. The number of nitrogens with one attached hydrogen (secondary N) is 1. The van der Waals surface area contributed by atoms with E-state index in [-0.39, 0.29) is 21.8 Å². The number of carbonyl (C=O) groups is 1. The molecule has 0 bridgehead atoms. The van der Waals surface area contributed by atoms with E-state index in [1.165, 1.54) is 11.6 Å². The van der Waals surface area contributed by atoms with E-state index in [1.54, 1.807) is 0 Å². The van der Waals surface area contributed by atoms with Crippen LogP contribution in [-0.4, -0.2) is 16.1 Å².